The van der Waals surface area contributed by atoms with E-state index in [1.54, 1.807) is 41.1 Å². The Morgan fingerprint density at radius 2 is 1.61 bits per heavy atom. The van der Waals surface area contributed by atoms with Crippen LogP contribution in [-0.4, -0.2) is 162 Å². The van der Waals surface area contributed by atoms with Gasteiger partial charge < -0.3 is 48.3 Å². The molecule has 3 fully saturated rings. The van der Waals surface area contributed by atoms with E-state index in [1.807, 2.05) is 38.2 Å². The number of hydrogen-bond acceptors (Lipinski definition) is 15. The number of esters is 1. The average molecular weight is 1080 g/mol. The van der Waals surface area contributed by atoms with Gasteiger partial charge in [0.05, 0.1) is 50.5 Å². The van der Waals surface area contributed by atoms with E-state index in [2.05, 4.69) is 31.2 Å². The zero-order chi connectivity index (χ0) is 55.6. The fourth-order valence-electron chi connectivity index (χ4n) is 11.0. The van der Waals surface area contributed by atoms with Crippen molar-refractivity contribution in [1.29, 1.82) is 0 Å². The predicted octanol–water partition coefficient (Wildman–Crippen LogP) is 6.76. The minimum Gasteiger partial charge on any atom is -0.460 e. The Bertz CT molecular complexity index is 2120. The number of aliphatic hydroxyl groups excluding tert-OH is 1. The van der Waals surface area contributed by atoms with Gasteiger partial charge in [0.2, 0.25) is 15.8 Å². The maximum absolute atomic E-state index is 14.6. The van der Waals surface area contributed by atoms with E-state index in [9.17, 15) is 37.8 Å². The molecule has 1 aliphatic carbocycles. The first-order valence-corrected chi connectivity index (χ1v) is 29.1. The van der Waals surface area contributed by atoms with Crippen LogP contribution in [0.2, 0.25) is 0 Å². The maximum Gasteiger partial charge on any atom is 0.329 e. The fraction of sp³-hybridized carbons (Fsp3) is 0.754. The zero-order valence-electron chi connectivity index (χ0n) is 46.8. The van der Waals surface area contributed by atoms with Crippen molar-refractivity contribution >= 4 is 33.5 Å². The number of carbonyl (C=O) groups is 4. The third-order valence-electron chi connectivity index (χ3n) is 15.8. The number of Topliss-reactive ketones (excluding diaryl/α,β-unsaturated/α-hetero) is 2. The number of amides is 1. The molecule has 3 aliphatic heterocycles. The Balaban J connectivity index is 1.69. The summed E-state index contributed by atoms with van der Waals surface area (Å²) in [6.07, 6.45) is 13.9. The number of ketones is 2. The number of nitrogens with zero attached hydrogens (tertiary/aromatic N) is 1. The topological polar surface area (TPSA) is 223 Å². The summed E-state index contributed by atoms with van der Waals surface area (Å²) < 4.78 is 67.6. The molecule has 15 unspecified atom stereocenters. The molecular weight excluding hydrogens is 985 g/mol. The molecule has 4 rings (SSSR count). The number of fused-ring (bicyclic) bond motifs is 3. The molecule has 18 heteroatoms. The van der Waals surface area contributed by atoms with Crippen LogP contribution in [0.1, 0.15) is 126 Å². The normalized spacial score (nSPS) is 36.8. The van der Waals surface area contributed by atoms with E-state index < -0.39 is 81.9 Å². The second-order valence-electron chi connectivity index (χ2n) is 21.9. The van der Waals surface area contributed by atoms with Gasteiger partial charge in [0.1, 0.15) is 30.1 Å². The Kier molecular flexibility index (Phi) is 26.2. The lowest BCUT2D eigenvalue weighted by Crippen LogP contribution is -2.61. The Labute approximate surface area is 448 Å². The molecule has 2 saturated heterocycles. The number of carbonyl (C=O) groups excluding carboxylic acids is 4. The van der Waals surface area contributed by atoms with Crippen LogP contribution >= 0.6 is 0 Å². The summed E-state index contributed by atoms with van der Waals surface area (Å²) in [5.41, 5.74) is 2.13. The lowest BCUT2D eigenvalue weighted by molar-refractivity contribution is -0.266. The quantitative estimate of drug-likeness (QED) is 0.0708. The number of cyclic esters (lactones) is 1. The van der Waals surface area contributed by atoms with Crippen molar-refractivity contribution in [3.8, 4) is 0 Å². The van der Waals surface area contributed by atoms with Crippen molar-refractivity contribution in [3.05, 3.63) is 59.8 Å². The van der Waals surface area contributed by atoms with Crippen LogP contribution in [0.5, 0.6) is 0 Å². The maximum atomic E-state index is 14.6. The molecule has 4 aliphatic rings. The summed E-state index contributed by atoms with van der Waals surface area (Å²) in [6.45, 7) is 18.6. The van der Waals surface area contributed by atoms with E-state index in [0.29, 0.717) is 70.2 Å². The molecule has 3 N–H and O–H groups in total. The molecule has 0 radical (unpaired) electrons. The molecule has 0 aromatic heterocycles. The molecule has 426 valence electrons. The van der Waals surface area contributed by atoms with Gasteiger partial charge in [-0.15, -0.1) is 0 Å². The smallest absolute Gasteiger partial charge is 0.329 e. The van der Waals surface area contributed by atoms with Crippen LogP contribution in [-0.2, 0) is 62.4 Å². The molecule has 0 spiro atoms. The number of allylic oxidation sites excluding steroid dienone is 6. The van der Waals surface area contributed by atoms with Crippen molar-refractivity contribution < 1.29 is 71.0 Å². The van der Waals surface area contributed by atoms with Gasteiger partial charge in [-0.1, -0.05) is 77.7 Å². The number of sulfonamides is 1. The number of aliphatic hydroxyl groups is 2. The van der Waals surface area contributed by atoms with Crippen molar-refractivity contribution in [3.63, 3.8) is 0 Å². The molecule has 2 bridgehead atoms. The Hall–Kier alpha value is -3.43. The first-order chi connectivity index (χ1) is 35.4. The minimum absolute atomic E-state index is 0.0282. The van der Waals surface area contributed by atoms with Crippen molar-refractivity contribution in [1.82, 2.24) is 9.62 Å². The molecule has 15 atom stereocenters. The summed E-state index contributed by atoms with van der Waals surface area (Å²) in [4.78, 5) is 59.1. The highest BCUT2D eigenvalue weighted by Crippen LogP contribution is 2.38. The van der Waals surface area contributed by atoms with Crippen LogP contribution in [0.15, 0.2) is 59.8 Å². The zero-order valence-corrected chi connectivity index (χ0v) is 47.6. The highest BCUT2D eigenvalue weighted by atomic mass is 32.2. The van der Waals surface area contributed by atoms with Crippen LogP contribution in [0.4, 0.5) is 0 Å². The van der Waals surface area contributed by atoms with Gasteiger partial charge in [0.25, 0.3) is 11.7 Å². The van der Waals surface area contributed by atoms with Gasteiger partial charge in [-0.05, 0) is 118 Å². The first kappa shape index (κ1) is 64.1. The van der Waals surface area contributed by atoms with Gasteiger partial charge in [-0.25, -0.2) is 17.9 Å². The van der Waals surface area contributed by atoms with Crippen LogP contribution in [0.25, 0.3) is 0 Å². The van der Waals surface area contributed by atoms with Crippen molar-refractivity contribution in [2.24, 2.45) is 35.5 Å². The molecule has 0 aromatic rings. The van der Waals surface area contributed by atoms with Crippen molar-refractivity contribution in [2.45, 2.75) is 180 Å². The average Bonchev–Trinajstić information content (AvgIpc) is 3.37. The van der Waals surface area contributed by atoms with Gasteiger partial charge in [-0.2, -0.15) is 0 Å². The molecule has 3 heterocycles. The van der Waals surface area contributed by atoms with Gasteiger partial charge >= 0.3 is 5.97 Å². The van der Waals surface area contributed by atoms with Gasteiger partial charge in [0.15, 0.2) is 0 Å². The van der Waals surface area contributed by atoms with E-state index in [0.717, 1.165) is 30.2 Å². The number of nitrogens with one attached hydrogen (secondary N) is 1. The lowest BCUT2D eigenvalue weighted by Gasteiger charge is -2.43. The highest BCUT2D eigenvalue weighted by Gasteiger charge is 2.53. The number of hydrogen-bond donors (Lipinski definition) is 3. The van der Waals surface area contributed by atoms with Crippen LogP contribution in [0.3, 0.4) is 0 Å². The van der Waals surface area contributed by atoms with Gasteiger partial charge in [-0.3, -0.25) is 14.4 Å². The number of methoxy groups -OCH3 is 3. The van der Waals surface area contributed by atoms with Crippen LogP contribution in [0, 0.1) is 35.5 Å². The molecular formula is C57H92N2O15S. The summed E-state index contributed by atoms with van der Waals surface area (Å²) in [6, 6.07) is -1.16. The van der Waals surface area contributed by atoms with Crippen molar-refractivity contribution in [2.75, 3.05) is 60.5 Å². The molecule has 17 nitrogen and oxygen atoms in total. The standard InChI is InChI=1S/C57H92N2O15S/c1-36-18-14-13-15-19-37(2)49(72-29-28-68-9)34-45-23-21-42(7)57(65,74-45)54(62)55(63)59-26-17-16-20-46(59)56(64)73-50(35-47(60)39(4)31-41(6)52(61)53(70-11)43(8)38(3)30-36)40(5)32-44-22-24-48(51(33-44)69-10)71-27-25-58-75(12,66)67/h13-15,18-19,31,36,38-40,42,44-46,48-53,58,61,65H,8,16-17,20-30,32-35H2,1-7,9-12H3/b15-13+,18-14+,37-19+,41-31+. The summed E-state index contributed by atoms with van der Waals surface area (Å²) in [7, 11) is 1.36. The second-order valence-corrected chi connectivity index (χ2v) is 23.7. The van der Waals surface area contributed by atoms with E-state index in [4.69, 9.17) is 33.2 Å². The Morgan fingerprint density at radius 3 is 2.29 bits per heavy atom. The summed E-state index contributed by atoms with van der Waals surface area (Å²) in [5.74, 6) is -7.22. The SMILES string of the molecule is C=C1C(C)CC(C)/C=C/C=C/C=C(\C)C(OCCOC)CC2CCC(C)C(O)(O2)C(=O)C(=O)N2CCCCC2C(=O)OC(C(C)CC2CCC(OCCNS(C)(=O)=O)C(OC)C2)CC(=O)C(C)/C=C(\C)C(O)C1OC. The number of ether oxygens (including phenoxy) is 7. The van der Waals surface area contributed by atoms with E-state index in [1.165, 1.54) is 12.0 Å². The van der Waals surface area contributed by atoms with Crippen LogP contribution < -0.4 is 4.72 Å². The fourth-order valence-corrected chi connectivity index (χ4v) is 11.5. The Morgan fingerprint density at radius 1 is 0.880 bits per heavy atom. The molecule has 0 aromatic carbocycles. The summed E-state index contributed by atoms with van der Waals surface area (Å²) >= 11 is 0. The third-order valence-corrected chi connectivity index (χ3v) is 16.5. The van der Waals surface area contributed by atoms with E-state index >= 15 is 0 Å². The molecule has 75 heavy (non-hydrogen) atoms. The largest absolute Gasteiger partial charge is 0.460 e. The minimum atomic E-state index is -3.37. The lowest BCUT2D eigenvalue weighted by atomic mass is 9.78. The second kappa shape index (κ2) is 30.6. The highest BCUT2D eigenvalue weighted by molar-refractivity contribution is 7.88. The predicted molar refractivity (Wildman–Crippen MR) is 287 cm³/mol. The van der Waals surface area contributed by atoms with E-state index in [-0.39, 0.29) is 74.2 Å². The van der Waals surface area contributed by atoms with Gasteiger partial charge in [0, 0.05) is 59.1 Å². The molecule has 1 amide bonds. The number of piperidine rings is 1. The number of rotatable bonds is 14. The third kappa shape index (κ3) is 19.2. The summed E-state index contributed by atoms with van der Waals surface area (Å²) in [5, 5.41) is 23.8. The molecule has 1 saturated carbocycles. The first-order valence-electron chi connectivity index (χ1n) is 27.2. The monoisotopic (exact) mass is 1080 g/mol.